The number of nitrogens with zero attached hydrogens (tertiary/aromatic N) is 5. The maximum absolute atomic E-state index is 5.30. The molecular weight excluding hydrogens is 493 g/mol. The van der Waals surface area contributed by atoms with Crippen molar-refractivity contribution in [3.05, 3.63) is 41.8 Å². The highest BCUT2D eigenvalue weighted by molar-refractivity contribution is 14.0. The molecule has 0 atom stereocenters. The van der Waals surface area contributed by atoms with Gasteiger partial charge in [-0.05, 0) is 31.9 Å². The maximum atomic E-state index is 5.30. The molecule has 0 spiro atoms. The Balaban J connectivity index is 0.00000320. The summed E-state index contributed by atoms with van der Waals surface area (Å²) in [4.78, 5) is 16.0. The zero-order valence-corrected chi connectivity index (χ0v) is 20.5. The third-order valence-corrected chi connectivity index (χ3v) is 4.98. The van der Waals surface area contributed by atoms with Crippen molar-refractivity contribution in [3.8, 4) is 0 Å². The quantitative estimate of drug-likeness (QED) is 0.310. The average molecular weight is 527 g/mol. The second-order valence-electron chi connectivity index (χ2n) is 7.73. The Bertz CT molecular complexity index is 758. The van der Waals surface area contributed by atoms with E-state index in [1.165, 1.54) is 0 Å². The van der Waals surface area contributed by atoms with E-state index in [0.717, 1.165) is 56.5 Å². The standard InChI is InChI=1S/C21H33N7O.HI/c1-4-22-21(24-12-8-19-26-20(16(2)3)27-29-19)25-17-9-13-28(14-10-17)15-18-7-5-6-11-23-18;/h5-7,11,16-17H,4,8-10,12-15H2,1-3H3,(H2,22,24,25);1H. The van der Waals surface area contributed by atoms with Crippen molar-refractivity contribution in [3.63, 3.8) is 0 Å². The number of hydrogen-bond acceptors (Lipinski definition) is 6. The molecule has 9 heteroatoms. The smallest absolute Gasteiger partial charge is 0.228 e. The van der Waals surface area contributed by atoms with Crippen molar-refractivity contribution in [2.75, 3.05) is 26.2 Å². The summed E-state index contributed by atoms with van der Waals surface area (Å²) in [6.45, 7) is 10.7. The van der Waals surface area contributed by atoms with Crippen LogP contribution in [0.25, 0.3) is 0 Å². The largest absolute Gasteiger partial charge is 0.357 e. The molecule has 8 nitrogen and oxygen atoms in total. The van der Waals surface area contributed by atoms with Gasteiger partial charge in [-0.1, -0.05) is 25.1 Å². The number of pyridine rings is 1. The van der Waals surface area contributed by atoms with Crippen molar-refractivity contribution in [1.29, 1.82) is 0 Å². The fourth-order valence-corrected chi connectivity index (χ4v) is 3.34. The summed E-state index contributed by atoms with van der Waals surface area (Å²) in [5.74, 6) is 2.54. The minimum atomic E-state index is 0. The van der Waals surface area contributed by atoms with Gasteiger partial charge in [-0.3, -0.25) is 14.9 Å². The lowest BCUT2D eigenvalue weighted by atomic mass is 10.0. The lowest BCUT2D eigenvalue weighted by molar-refractivity contribution is 0.196. The Morgan fingerprint density at radius 3 is 2.73 bits per heavy atom. The summed E-state index contributed by atoms with van der Waals surface area (Å²) in [6.07, 6.45) is 4.71. The van der Waals surface area contributed by atoms with Gasteiger partial charge in [0, 0.05) is 50.8 Å². The van der Waals surface area contributed by atoms with E-state index in [0.29, 0.717) is 24.9 Å². The van der Waals surface area contributed by atoms with Crippen LogP contribution in [0.1, 0.15) is 56.9 Å². The van der Waals surface area contributed by atoms with Gasteiger partial charge in [0.25, 0.3) is 0 Å². The molecule has 2 aromatic rings. The van der Waals surface area contributed by atoms with Gasteiger partial charge in [-0.25, -0.2) is 0 Å². The summed E-state index contributed by atoms with van der Waals surface area (Å²) in [7, 11) is 0. The molecule has 1 saturated heterocycles. The number of aromatic nitrogens is 3. The molecule has 30 heavy (non-hydrogen) atoms. The average Bonchev–Trinajstić information content (AvgIpc) is 3.20. The fraction of sp³-hybridized carbons (Fsp3) is 0.619. The molecule has 2 aromatic heterocycles. The Morgan fingerprint density at radius 2 is 2.10 bits per heavy atom. The van der Waals surface area contributed by atoms with Gasteiger partial charge >= 0.3 is 0 Å². The lowest BCUT2D eigenvalue weighted by Gasteiger charge is -2.32. The van der Waals surface area contributed by atoms with Crippen LogP contribution < -0.4 is 10.6 Å². The number of likely N-dealkylation sites (tertiary alicyclic amines) is 1. The highest BCUT2D eigenvalue weighted by Gasteiger charge is 2.20. The van der Waals surface area contributed by atoms with Crippen LogP contribution in [0.4, 0.5) is 0 Å². The van der Waals surface area contributed by atoms with Gasteiger partial charge in [0.15, 0.2) is 11.8 Å². The summed E-state index contributed by atoms with van der Waals surface area (Å²) in [5.41, 5.74) is 1.13. The molecule has 166 valence electrons. The summed E-state index contributed by atoms with van der Waals surface area (Å²) in [5, 5.41) is 10.9. The molecule has 0 amide bonds. The number of halogens is 1. The second kappa shape index (κ2) is 12.8. The van der Waals surface area contributed by atoms with E-state index >= 15 is 0 Å². The maximum Gasteiger partial charge on any atom is 0.228 e. The molecular formula is C21H34IN7O. The van der Waals surface area contributed by atoms with Gasteiger partial charge < -0.3 is 15.2 Å². The van der Waals surface area contributed by atoms with Crippen LogP contribution in [0.2, 0.25) is 0 Å². The minimum Gasteiger partial charge on any atom is -0.357 e. The number of nitrogens with one attached hydrogen (secondary N) is 2. The Hall–Kier alpha value is -1.75. The molecule has 0 radical (unpaired) electrons. The molecule has 0 aliphatic carbocycles. The van der Waals surface area contributed by atoms with Gasteiger partial charge in [0.2, 0.25) is 5.89 Å². The van der Waals surface area contributed by atoms with E-state index in [1.807, 2.05) is 18.3 Å². The first-order chi connectivity index (χ1) is 14.1. The van der Waals surface area contributed by atoms with E-state index in [4.69, 9.17) is 4.52 Å². The van der Waals surface area contributed by atoms with Crippen LogP contribution in [-0.2, 0) is 13.0 Å². The van der Waals surface area contributed by atoms with E-state index in [-0.39, 0.29) is 29.9 Å². The monoisotopic (exact) mass is 527 g/mol. The highest BCUT2D eigenvalue weighted by atomic mass is 127. The van der Waals surface area contributed by atoms with E-state index < -0.39 is 0 Å². The van der Waals surface area contributed by atoms with Crippen LogP contribution >= 0.6 is 24.0 Å². The Morgan fingerprint density at radius 1 is 1.30 bits per heavy atom. The van der Waals surface area contributed by atoms with Gasteiger partial charge in [0.1, 0.15) is 0 Å². The van der Waals surface area contributed by atoms with Gasteiger partial charge in [0.05, 0.1) is 12.2 Å². The lowest BCUT2D eigenvalue weighted by Crippen LogP contribution is -2.48. The third-order valence-electron chi connectivity index (χ3n) is 4.98. The van der Waals surface area contributed by atoms with E-state index in [9.17, 15) is 0 Å². The summed E-state index contributed by atoms with van der Waals surface area (Å²) in [6, 6.07) is 6.54. The van der Waals surface area contributed by atoms with Crippen LogP contribution in [0, 0.1) is 0 Å². The molecule has 0 bridgehead atoms. The zero-order chi connectivity index (χ0) is 20.5. The predicted molar refractivity (Wildman–Crippen MR) is 129 cm³/mol. The van der Waals surface area contributed by atoms with E-state index in [1.54, 1.807) is 0 Å². The SMILES string of the molecule is CCNC(=NCCc1nc(C(C)C)no1)NC1CCN(Cc2ccccn2)CC1.I. The third kappa shape index (κ3) is 7.82. The first kappa shape index (κ1) is 24.5. The number of rotatable bonds is 8. The summed E-state index contributed by atoms with van der Waals surface area (Å²) >= 11 is 0. The fourth-order valence-electron chi connectivity index (χ4n) is 3.34. The van der Waals surface area contributed by atoms with Crippen LogP contribution in [0.3, 0.4) is 0 Å². The molecule has 0 aromatic carbocycles. The molecule has 1 aliphatic rings. The van der Waals surface area contributed by atoms with Gasteiger partial charge in [-0.15, -0.1) is 24.0 Å². The first-order valence-corrected chi connectivity index (χ1v) is 10.6. The van der Waals surface area contributed by atoms with Crippen molar-refractivity contribution in [2.45, 2.75) is 58.5 Å². The number of piperidine rings is 1. The van der Waals surface area contributed by atoms with Gasteiger partial charge in [-0.2, -0.15) is 4.98 Å². The van der Waals surface area contributed by atoms with Crippen LogP contribution in [0.15, 0.2) is 33.9 Å². The van der Waals surface area contributed by atoms with Crippen LogP contribution in [0.5, 0.6) is 0 Å². The molecule has 1 fully saturated rings. The van der Waals surface area contributed by atoms with Crippen molar-refractivity contribution in [2.24, 2.45) is 4.99 Å². The van der Waals surface area contributed by atoms with E-state index in [2.05, 4.69) is 62.5 Å². The predicted octanol–water partition coefficient (Wildman–Crippen LogP) is 2.97. The molecule has 3 heterocycles. The topological polar surface area (TPSA) is 91.5 Å². The molecule has 0 saturated carbocycles. The molecule has 0 unspecified atom stereocenters. The Labute approximate surface area is 196 Å². The molecule has 3 rings (SSSR count). The summed E-state index contributed by atoms with van der Waals surface area (Å²) < 4.78 is 5.30. The normalized spacial score (nSPS) is 15.8. The van der Waals surface area contributed by atoms with Crippen molar-refractivity contribution in [1.82, 2.24) is 30.7 Å². The molecule has 2 N–H and O–H groups in total. The van der Waals surface area contributed by atoms with Crippen molar-refractivity contribution < 1.29 is 4.52 Å². The number of aliphatic imine (C=N–C) groups is 1. The van der Waals surface area contributed by atoms with Crippen LogP contribution in [-0.4, -0.2) is 58.2 Å². The Kier molecular flexibility index (Phi) is 10.5. The van der Waals surface area contributed by atoms with Crippen molar-refractivity contribution >= 4 is 29.9 Å². The molecule has 1 aliphatic heterocycles. The first-order valence-electron chi connectivity index (χ1n) is 10.6. The zero-order valence-electron chi connectivity index (χ0n) is 18.2. The number of guanidine groups is 1. The highest BCUT2D eigenvalue weighted by Crippen LogP contribution is 2.13. The number of hydrogen-bond donors (Lipinski definition) is 2. The second-order valence-corrected chi connectivity index (χ2v) is 7.73. The minimum absolute atomic E-state index is 0.